The Morgan fingerprint density at radius 3 is 2.81 bits per heavy atom. The van der Waals surface area contributed by atoms with Crippen LogP contribution in [-0.4, -0.2) is 25.3 Å². The van der Waals surface area contributed by atoms with E-state index in [1.54, 1.807) is 32.6 Å². The van der Waals surface area contributed by atoms with Gasteiger partial charge in [-0.2, -0.15) is 0 Å². The van der Waals surface area contributed by atoms with Crippen LogP contribution < -0.4 is 15.8 Å². The molecule has 0 bridgehead atoms. The Hall–Kier alpha value is -2.44. The van der Waals surface area contributed by atoms with E-state index in [0.29, 0.717) is 28.3 Å². The highest BCUT2D eigenvalue weighted by Crippen LogP contribution is 2.33. The highest BCUT2D eigenvalue weighted by molar-refractivity contribution is 6.31. The maximum Gasteiger partial charge on any atom is 0.178 e. The number of benzene rings is 1. The maximum atomic E-state index is 14.2. The number of rotatable bonds is 7. The Labute approximate surface area is 164 Å². The number of hydrogen-bond donors (Lipinski definition) is 2. The van der Waals surface area contributed by atoms with E-state index >= 15 is 0 Å². The third kappa shape index (κ3) is 4.64. The molecule has 0 amide bonds. The molecule has 1 unspecified atom stereocenters. The lowest BCUT2D eigenvalue weighted by molar-refractivity contribution is 0.176. The largest absolute Gasteiger partial charge is 0.467 e. The summed E-state index contributed by atoms with van der Waals surface area (Å²) in [5.41, 5.74) is 8.74. The third-order valence-corrected chi connectivity index (χ3v) is 4.49. The molecule has 0 aliphatic rings. The molecule has 0 aliphatic carbocycles. The molecule has 0 spiro atoms. The molecule has 27 heavy (non-hydrogen) atoms. The third-order valence-electron chi connectivity index (χ3n) is 4.16. The van der Waals surface area contributed by atoms with Gasteiger partial charge in [0.25, 0.3) is 0 Å². The van der Waals surface area contributed by atoms with Crippen LogP contribution in [0.2, 0.25) is 5.02 Å². The second kappa shape index (κ2) is 9.48. The summed E-state index contributed by atoms with van der Waals surface area (Å²) in [7, 11) is 3.40. The summed E-state index contributed by atoms with van der Waals surface area (Å²) in [6.45, 7) is 3.77. The first kappa shape index (κ1) is 20.9. The monoisotopic (exact) mass is 390 g/mol. The molecular formula is C20H24ClFN4O. The summed E-state index contributed by atoms with van der Waals surface area (Å²) >= 11 is 6.35. The van der Waals surface area contributed by atoms with Gasteiger partial charge in [0.2, 0.25) is 0 Å². The minimum Gasteiger partial charge on any atom is -0.467 e. The SMILES string of the molecule is C/C=C(\C=NC)c1cnc(N)c(OC(NC)c2c(Cl)ccc(F)c2CC)c1. The quantitative estimate of drug-likeness (QED) is 0.542. The zero-order chi connectivity index (χ0) is 20.0. The molecule has 1 atom stereocenters. The summed E-state index contributed by atoms with van der Waals surface area (Å²) < 4.78 is 20.3. The highest BCUT2D eigenvalue weighted by Gasteiger charge is 2.22. The van der Waals surface area contributed by atoms with Gasteiger partial charge in [0.1, 0.15) is 5.82 Å². The zero-order valence-corrected chi connectivity index (χ0v) is 16.6. The van der Waals surface area contributed by atoms with Crippen LogP contribution in [0.3, 0.4) is 0 Å². The number of ether oxygens (including phenoxy) is 1. The van der Waals surface area contributed by atoms with Crippen molar-refractivity contribution in [2.45, 2.75) is 26.5 Å². The van der Waals surface area contributed by atoms with Gasteiger partial charge in [0.05, 0.1) is 0 Å². The fourth-order valence-corrected chi connectivity index (χ4v) is 3.08. The van der Waals surface area contributed by atoms with Crippen molar-refractivity contribution in [3.63, 3.8) is 0 Å². The molecule has 144 valence electrons. The normalized spacial score (nSPS) is 13.2. The molecule has 5 nitrogen and oxygen atoms in total. The van der Waals surface area contributed by atoms with E-state index in [-0.39, 0.29) is 11.6 Å². The molecule has 0 aliphatic heterocycles. The Kier molecular flexibility index (Phi) is 7.33. The van der Waals surface area contributed by atoms with E-state index in [2.05, 4.69) is 15.3 Å². The minimum atomic E-state index is -0.684. The smallest absolute Gasteiger partial charge is 0.178 e. The summed E-state index contributed by atoms with van der Waals surface area (Å²) in [4.78, 5) is 8.25. The van der Waals surface area contributed by atoms with E-state index in [0.717, 1.165) is 11.1 Å². The number of nitrogens with one attached hydrogen (secondary N) is 1. The lowest BCUT2D eigenvalue weighted by Crippen LogP contribution is -2.25. The molecule has 1 heterocycles. The Morgan fingerprint density at radius 2 is 2.22 bits per heavy atom. The van der Waals surface area contributed by atoms with Crippen molar-refractivity contribution < 1.29 is 9.13 Å². The van der Waals surface area contributed by atoms with Gasteiger partial charge in [-0.05, 0) is 49.7 Å². The molecule has 1 aromatic heterocycles. The Bertz CT molecular complexity index is 867. The van der Waals surface area contributed by atoms with Gasteiger partial charge >= 0.3 is 0 Å². The molecular weight excluding hydrogens is 367 g/mol. The second-order valence-corrected chi connectivity index (χ2v) is 6.21. The van der Waals surface area contributed by atoms with Crippen LogP contribution in [0.25, 0.3) is 5.57 Å². The van der Waals surface area contributed by atoms with E-state index in [1.165, 1.54) is 12.1 Å². The van der Waals surface area contributed by atoms with Crippen molar-refractivity contribution in [3.8, 4) is 5.75 Å². The number of halogens is 2. The van der Waals surface area contributed by atoms with Gasteiger partial charge in [-0.25, -0.2) is 9.37 Å². The first-order valence-electron chi connectivity index (χ1n) is 8.61. The van der Waals surface area contributed by atoms with E-state index in [4.69, 9.17) is 22.1 Å². The van der Waals surface area contributed by atoms with Gasteiger partial charge in [0.15, 0.2) is 17.8 Å². The molecule has 0 radical (unpaired) electrons. The Balaban J connectivity index is 2.47. The summed E-state index contributed by atoms with van der Waals surface area (Å²) in [5, 5.41) is 3.45. The number of pyridine rings is 1. The number of nitrogen functional groups attached to an aromatic ring is 1. The molecule has 2 aromatic rings. The number of nitrogens with two attached hydrogens (primary N) is 1. The standard InChI is InChI=1S/C20H24ClFN4O/c1-5-12(10-24-3)13-9-17(19(23)26-11-13)27-20(25-4)18-14(6-2)16(22)8-7-15(18)21/h5,7-11,20,25H,6H2,1-4H3,(H2,23,26)/b12-5+,24-10?. The van der Waals surface area contributed by atoms with Crippen LogP contribution in [0.4, 0.5) is 10.2 Å². The average Bonchev–Trinajstić information content (AvgIpc) is 2.67. The number of aromatic nitrogens is 1. The average molecular weight is 391 g/mol. The van der Waals surface area contributed by atoms with Gasteiger partial charge < -0.3 is 10.5 Å². The molecule has 7 heteroatoms. The molecule has 3 N–H and O–H groups in total. The Morgan fingerprint density at radius 1 is 1.48 bits per heavy atom. The van der Waals surface area contributed by atoms with Gasteiger partial charge in [-0.1, -0.05) is 24.6 Å². The number of anilines is 1. The maximum absolute atomic E-state index is 14.2. The number of aliphatic imine (C=N–C) groups is 1. The second-order valence-electron chi connectivity index (χ2n) is 5.80. The first-order valence-corrected chi connectivity index (χ1v) is 8.99. The van der Waals surface area contributed by atoms with Crippen molar-refractivity contribution >= 4 is 29.2 Å². The van der Waals surface area contributed by atoms with E-state index in [1.807, 2.05) is 19.9 Å². The molecule has 0 saturated heterocycles. The highest BCUT2D eigenvalue weighted by atomic mass is 35.5. The summed E-state index contributed by atoms with van der Waals surface area (Å²) in [5.74, 6) is 0.280. The van der Waals surface area contributed by atoms with E-state index in [9.17, 15) is 4.39 Å². The topological polar surface area (TPSA) is 72.5 Å². The van der Waals surface area contributed by atoms with Crippen LogP contribution in [-0.2, 0) is 6.42 Å². The van der Waals surface area contributed by atoms with Crippen LogP contribution in [0.15, 0.2) is 35.5 Å². The zero-order valence-electron chi connectivity index (χ0n) is 15.9. The van der Waals surface area contributed by atoms with Crippen LogP contribution in [0, 0.1) is 5.82 Å². The van der Waals surface area contributed by atoms with E-state index < -0.39 is 6.23 Å². The van der Waals surface area contributed by atoms with Crippen molar-refractivity contribution in [2.75, 3.05) is 19.8 Å². The predicted molar refractivity (Wildman–Crippen MR) is 110 cm³/mol. The fraction of sp³-hybridized carbons (Fsp3) is 0.300. The predicted octanol–water partition coefficient (Wildman–Crippen LogP) is 4.42. The van der Waals surface area contributed by atoms with Crippen molar-refractivity contribution in [1.29, 1.82) is 0 Å². The molecule has 1 aromatic carbocycles. The van der Waals surface area contributed by atoms with Gasteiger partial charge in [-0.15, -0.1) is 0 Å². The summed E-state index contributed by atoms with van der Waals surface area (Å²) in [6.07, 6.45) is 5.09. The van der Waals surface area contributed by atoms with Gasteiger partial charge in [0, 0.05) is 35.6 Å². The van der Waals surface area contributed by atoms with Gasteiger partial charge in [-0.3, -0.25) is 10.3 Å². The van der Waals surface area contributed by atoms with Crippen LogP contribution in [0.5, 0.6) is 5.75 Å². The first-order chi connectivity index (χ1) is 13.0. The van der Waals surface area contributed by atoms with Crippen molar-refractivity contribution in [3.05, 3.63) is 58.0 Å². The van der Waals surface area contributed by atoms with Crippen LogP contribution >= 0.6 is 11.6 Å². The van der Waals surface area contributed by atoms with Crippen molar-refractivity contribution in [2.24, 2.45) is 4.99 Å². The fourth-order valence-electron chi connectivity index (χ4n) is 2.80. The molecule has 0 saturated carbocycles. The number of nitrogens with zero attached hydrogens (tertiary/aromatic N) is 2. The lowest BCUT2D eigenvalue weighted by Gasteiger charge is -2.23. The molecule has 2 rings (SSSR count). The van der Waals surface area contributed by atoms with Crippen molar-refractivity contribution in [1.82, 2.24) is 10.3 Å². The molecule has 0 fully saturated rings. The lowest BCUT2D eigenvalue weighted by atomic mass is 10.0. The number of allylic oxidation sites excluding steroid dienone is 2. The van der Waals surface area contributed by atoms with Crippen LogP contribution in [0.1, 0.15) is 36.8 Å². The number of hydrogen-bond acceptors (Lipinski definition) is 5. The summed E-state index contributed by atoms with van der Waals surface area (Å²) in [6, 6.07) is 4.66. The minimum absolute atomic E-state index is 0.230.